The van der Waals surface area contributed by atoms with Crippen LogP contribution in [0.1, 0.15) is 38.4 Å². The number of aliphatic imine (C=N–C) groups is 1. The van der Waals surface area contributed by atoms with Gasteiger partial charge in [0.2, 0.25) is 0 Å². The molecule has 0 aromatic carbocycles. The third kappa shape index (κ3) is 5.37. The van der Waals surface area contributed by atoms with E-state index in [2.05, 4.69) is 27.4 Å². The van der Waals surface area contributed by atoms with Crippen LogP contribution < -0.4 is 10.6 Å². The standard InChI is InChI=1S/C17H30N4O/c1-3-15-7-4-5-12-21(15)13-11-20-17(18-2)19-10-9-16-8-6-14-22-16/h6,8,14-15H,3-5,7,9-13H2,1-2H3,(H2,18,19,20). The van der Waals surface area contributed by atoms with Crippen LogP contribution in [-0.2, 0) is 6.42 Å². The number of nitrogens with zero attached hydrogens (tertiary/aromatic N) is 2. The van der Waals surface area contributed by atoms with Crippen LogP contribution >= 0.6 is 0 Å². The summed E-state index contributed by atoms with van der Waals surface area (Å²) in [5.41, 5.74) is 0. The lowest BCUT2D eigenvalue weighted by molar-refractivity contribution is 0.147. The van der Waals surface area contributed by atoms with E-state index in [-0.39, 0.29) is 0 Å². The Morgan fingerprint density at radius 1 is 1.36 bits per heavy atom. The van der Waals surface area contributed by atoms with E-state index in [1.54, 1.807) is 6.26 Å². The fraction of sp³-hybridized carbons (Fsp3) is 0.706. The molecule has 2 heterocycles. The van der Waals surface area contributed by atoms with Crippen molar-refractivity contribution in [2.75, 3.05) is 33.2 Å². The minimum atomic E-state index is 0.768. The van der Waals surface area contributed by atoms with Crippen molar-refractivity contribution in [2.45, 2.75) is 45.1 Å². The molecule has 0 radical (unpaired) electrons. The summed E-state index contributed by atoms with van der Waals surface area (Å²) in [6.07, 6.45) is 7.93. The Hall–Kier alpha value is -1.49. The van der Waals surface area contributed by atoms with Gasteiger partial charge in [-0.1, -0.05) is 13.3 Å². The highest BCUT2D eigenvalue weighted by molar-refractivity contribution is 5.79. The number of hydrogen-bond donors (Lipinski definition) is 2. The second-order valence-electron chi connectivity index (χ2n) is 5.85. The summed E-state index contributed by atoms with van der Waals surface area (Å²) in [5.74, 6) is 1.87. The maximum Gasteiger partial charge on any atom is 0.191 e. The second kappa shape index (κ2) is 9.51. The molecule has 0 bridgehead atoms. The summed E-state index contributed by atoms with van der Waals surface area (Å²) < 4.78 is 5.33. The first-order valence-electron chi connectivity index (χ1n) is 8.54. The molecule has 1 aromatic rings. The van der Waals surface area contributed by atoms with E-state index in [4.69, 9.17) is 4.42 Å². The van der Waals surface area contributed by atoms with Crippen LogP contribution in [0.3, 0.4) is 0 Å². The van der Waals surface area contributed by atoms with Crippen LogP contribution in [0, 0.1) is 0 Å². The number of rotatable bonds is 7. The summed E-state index contributed by atoms with van der Waals surface area (Å²) in [4.78, 5) is 6.89. The molecule has 2 N–H and O–H groups in total. The monoisotopic (exact) mass is 306 g/mol. The maximum atomic E-state index is 5.33. The Balaban J connectivity index is 1.63. The molecule has 1 unspecified atom stereocenters. The molecule has 0 saturated carbocycles. The molecule has 1 aromatic heterocycles. The topological polar surface area (TPSA) is 52.8 Å². The first-order chi connectivity index (χ1) is 10.8. The van der Waals surface area contributed by atoms with Gasteiger partial charge >= 0.3 is 0 Å². The summed E-state index contributed by atoms with van der Waals surface area (Å²) in [6, 6.07) is 4.69. The normalized spacial score (nSPS) is 20.1. The molecule has 2 rings (SSSR count). The average Bonchev–Trinajstić information content (AvgIpc) is 3.07. The zero-order valence-electron chi connectivity index (χ0n) is 14.0. The number of guanidine groups is 1. The van der Waals surface area contributed by atoms with Gasteiger partial charge in [-0.2, -0.15) is 0 Å². The Morgan fingerprint density at radius 3 is 2.95 bits per heavy atom. The van der Waals surface area contributed by atoms with Gasteiger partial charge in [-0.05, 0) is 37.9 Å². The average molecular weight is 306 g/mol. The van der Waals surface area contributed by atoms with E-state index in [9.17, 15) is 0 Å². The quantitative estimate of drug-likeness (QED) is 0.599. The predicted molar refractivity (Wildman–Crippen MR) is 91.3 cm³/mol. The van der Waals surface area contributed by atoms with Crippen LogP contribution in [0.4, 0.5) is 0 Å². The van der Waals surface area contributed by atoms with E-state index < -0.39 is 0 Å². The van der Waals surface area contributed by atoms with Crippen LogP contribution in [-0.4, -0.2) is 50.1 Å². The zero-order valence-corrected chi connectivity index (χ0v) is 14.0. The predicted octanol–water partition coefficient (Wildman–Crippen LogP) is 2.25. The lowest BCUT2D eigenvalue weighted by atomic mass is 10.0. The Morgan fingerprint density at radius 2 is 2.23 bits per heavy atom. The Labute approximate surface area is 134 Å². The van der Waals surface area contributed by atoms with Gasteiger partial charge in [-0.25, -0.2) is 0 Å². The van der Waals surface area contributed by atoms with E-state index in [0.717, 1.165) is 43.8 Å². The first-order valence-corrected chi connectivity index (χ1v) is 8.54. The number of likely N-dealkylation sites (tertiary alicyclic amines) is 1. The van der Waals surface area contributed by atoms with Crippen molar-refractivity contribution in [1.82, 2.24) is 15.5 Å². The van der Waals surface area contributed by atoms with Crippen molar-refractivity contribution < 1.29 is 4.42 Å². The molecule has 0 aliphatic carbocycles. The molecule has 5 nitrogen and oxygen atoms in total. The van der Waals surface area contributed by atoms with Crippen LogP contribution in [0.15, 0.2) is 27.8 Å². The van der Waals surface area contributed by atoms with Crippen LogP contribution in [0.25, 0.3) is 0 Å². The van der Waals surface area contributed by atoms with E-state index >= 15 is 0 Å². The zero-order chi connectivity index (χ0) is 15.6. The van der Waals surface area contributed by atoms with Gasteiger partial charge in [-0.3, -0.25) is 9.89 Å². The fourth-order valence-electron chi connectivity index (χ4n) is 3.11. The van der Waals surface area contributed by atoms with Crippen molar-refractivity contribution >= 4 is 5.96 Å². The highest BCUT2D eigenvalue weighted by Crippen LogP contribution is 2.18. The molecule has 1 aliphatic heterocycles. The van der Waals surface area contributed by atoms with Crippen LogP contribution in [0.5, 0.6) is 0 Å². The molecule has 1 atom stereocenters. The van der Waals surface area contributed by atoms with Crippen molar-refractivity contribution in [1.29, 1.82) is 0 Å². The number of nitrogens with one attached hydrogen (secondary N) is 2. The minimum absolute atomic E-state index is 0.768. The molecule has 0 amide bonds. The van der Waals surface area contributed by atoms with Crippen molar-refractivity contribution in [3.63, 3.8) is 0 Å². The van der Waals surface area contributed by atoms with Gasteiger partial charge in [0.15, 0.2) is 5.96 Å². The SMILES string of the molecule is CCC1CCCCN1CCNC(=NC)NCCc1ccco1. The van der Waals surface area contributed by atoms with Gasteiger partial charge in [0.05, 0.1) is 6.26 Å². The van der Waals surface area contributed by atoms with Crippen molar-refractivity contribution in [3.8, 4) is 0 Å². The van der Waals surface area contributed by atoms with Gasteiger partial charge in [0.1, 0.15) is 5.76 Å². The van der Waals surface area contributed by atoms with E-state index in [0.29, 0.717) is 0 Å². The smallest absolute Gasteiger partial charge is 0.191 e. The number of piperidine rings is 1. The highest BCUT2D eigenvalue weighted by Gasteiger charge is 2.19. The molecule has 5 heteroatoms. The largest absolute Gasteiger partial charge is 0.469 e. The maximum absolute atomic E-state index is 5.33. The molecule has 22 heavy (non-hydrogen) atoms. The van der Waals surface area contributed by atoms with Gasteiger partial charge in [0, 0.05) is 39.1 Å². The van der Waals surface area contributed by atoms with E-state index in [1.807, 2.05) is 19.2 Å². The Bertz CT molecular complexity index is 430. The summed E-state index contributed by atoms with van der Waals surface area (Å²) in [7, 11) is 1.82. The van der Waals surface area contributed by atoms with Gasteiger partial charge < -0.3 is 15.1 Å². The van der Waals surface area contributed by atoms with Crippen LogP contribution in [0.2, 0.25) is 0 Å². The summed E-state index contributed by atoms with van der Waals surface area (Å²) >= 11 is 0. The minimum Gasteiger partial charge on any atom is -0.469 e. The first kappa shape index (κ1) is 16.9. The third-order valence-electron chi connectivity index (χ3n) is 4.38. The van der Waals surface area contributed by atoms with Gasteiger partial charge in [0.25, 0.3) is 0 Å². The third-order valence-corrected chi connectivity index (χ3v) is 4.38. The van der Waals surface area contributed by atoms with E-state index in [1.165, 1.54) is 32.2 Å². The molecule has 1 fully saturated rings. The fourth-order valence-corrected chi connectivity index (χ4v) is 3.11. The molecule has 1 aliphatic rings. The number of hydrogen-bond acceptors (Lipinski definition) is 3. The summed E-state index contributed by atoms with van der Waals surface area (Å²) in [5, 5.41) is 6.74. The Kier molecular flexibility index (Phi) is 7.30. The second-order valence-corrected chi connectivity index (χ2v) is 5.85. The molecule has 1 saturated heterocycles. The van der Waals surface area contributed by atoms with Gasteiger partial charge in [-0.15, -0.1) is 0 Å². The highest BCUT2D eigenvalue weighted by atomic mass is 16.3. The van der Waals surface area contributed by atoms with Crippen molar-refractivity contribution in [3.05, 3.63) is 24.2 Å². The lowest BCUT2D eigenvalue weighted by Crippen LogP contribution is -2.46. The van der Waals surface area contributed by atoms with Crippen molar-refractivity contribution in [2.24, 2.45) is 4.99 Å². The molecule has 124 valence electrons. The molecule has 0 spiro atoms. The molecular weight excluding hydrogens is 276 g/mol. The summed E-state index contributed by atoms with van der Waals surface area (Å²) in [6.45, 7) is 6.40. The molecular formula is C17H30N4O. The lowest BCUT2D eigenvalue weighted by Gasteiger charge is -2.35. The number of furan rings is 1.